The summed E-state index contributed by atoms with van der Waals surface area (Å²) in [4.78, 5) is 17.8. The fraction of sp³-hybridized carbons (Fsp3) is 0.435. The van der Waals surface area contributed by atoms with E-state index in [1.54, 1.807) is 36.4 Å². The van der Waals surface area contributed by atoms with E-state index in [9.17, 15) is 13.2 Å². The molecule has 0 bridgehead atoms. The third-order valence-electron chi connectivity index (χ3n) is 5.89. The molecule has 160 valence electrons. The van der Waals surface area contributed by atoms with E-state index in [0.717, 1.165) is 39.0 Å². The van der Waals surface area contributed by atoms with Gasteiger partial charge in [0.1, 0.15) is 11.5 Å². The fourth-order valence-electron chi connectivity index (χ4n) is 4.28. The van der Waals surface area contributed by atoms with Gasteiger partial charge in [0.2, 0.25) is 0 Å². The van der Waals surface area contributed by atoms with Crippen LogP contribution in [0, 0.1) is 0 Å². The second-order valence-electron chi connectivity index (χ2n) is 8.17. The third kappa shape index (κ3) is 4.84. The third-order valence-corrected chi connectivity index (χ3v) is 7.02. The van der Waals surface area contributed by atoms with E-state index >= 15 is 0 Å². The summed E-state index contributed by atoms with van der Waals surface area (Å²) in [6.07, 6.45) is 5.84. The Bertz CT molecular complexity index is 981. The maximum absolute atomic E-state index is 13.0. The Morgan fingerprint density at radius 3 is 2.13 bits per heavy atom. The standard InChI is InChI=1S/C23H28N2O4S/c1-30(27,28)22-12-10-21(11-13-22)29-20-8-6-18(7-9-20)23(26)25-16-4-5-19(25)17-24-14-2-3-15-24/h6-13,19H,2-5,14-17H2,1H3/t19-/m0/s1. The molecule has 0 N–H and O–H groups in total. The molecule has 1 atom stereocenters. The highest BCUT2D eigenvalue weighted by molar-refractivity contribution is 7.90. The van der Waals surface area contributed by atoms with Gasteiger partial charge in [-0.1, -0.05) is 0 Å². The van der Waals surface area contributed by atoms with Crippen LogP contribution in [0.5, 0.6) is 11.5 Å². The van der Waals surface area contributed by atoms with Gasteiger partial charge in [0, 0.05) is 31.0 Å². The van der Waals surface area contributed by atoms with Crippen molar-refractivity contribution in [3.05, 3.63) is 54.1 Å². The van der Waals surface area contributed by atoms with Crippen LogP contribution in [0.15, 0.2) is 53.4 Å². The summed E-state index contributed by atoms with van der Waals surface area (Å²) < 4.78 is 28.9. The molecule has 2 heterocycles. The van der Waals surface area contributed by atoms with E-state index in [4.69, 9.17) is 4.74 Å². The van der Waals surface area contributed by atoms with Gasteiger partial charge in [-0.2, -0.15) is 0 Å². The average molecular weight is 429 g/mol. The van der Waals surface area contributed by atoms with Gasteiger partial charge in [0.05, 0.1) is 4.90 Å². The molecule has 0 aliphatic carbocycles. The van der Waals surface area contributed by atoms with Crippen molar-refractivity contribution < 1.29 is 17.9 Å². The van der Waals surface area contributed by atoms with Gasteiger partial charge in [-0.05, 0) is 87.3 Å². The number of benzene rings is 2. The molecule has 1 amide bonds. The first-order valence-corrected chi connectivity index (χ1v) is 12.4. The Labute approximate surface area is 178 Å². The van der Waals surface area contributed by atoms with Gasteiger partial charge < -0.3 is 14.5 Å². The first-order chi connectivity index (χ1) is 14.4. The van der Waals surface area contributed by atoms with Gasteiger partial charge in [-0.3, -0.25) is 4.79 Å². The molecule has 6 nitrogen and oxygen atoms in total. The summed E-state index contributed by atoms with van der Waals surface area (Å²) in [7, 11) is -3.23. The predicted octanol–water partition coefficient (Wildman–Crippen LogP) is 3.58. The summed E-state index contributed by atoms with van der Waals surface area (Å²) in [5, 5.41) is 0. The van der Waals surface area contributed by atoms with Crippen LogP contribution in [0.25, 0.3) is 0 Å². The van der Waals surface area contributed by atoms with E-state index in [1.807, 2.05) is 4.90 Å². The molecule has 0 unspecified atom stereocenters. The maximum atomic E-state index is 13.0. The van der Waals surface area contributed by atoms with Crippen molar-refractivity contribution in [1.82, 2.24) is 9.80 Å². The number of likely N-dealkylation sites (tertiary alicyclic amines) is 2. The van der Waals surface area contributed by atoms with Crippen LogP contribution in [-0.4, -0.2) is 62.6 Å². The Hall–Kier alpha value is -2.38. The van der Waals surface area contributed by atoms with E-state index in [-0.39, 0.29) is 10.8 Å². The number of hydrogen-bond acceptors (Lipinski definition) is 5. The number of carbonyl (C=O) groups excluding carboxylic acids is 1. The summed E-state index contributed by atoms with van der Waals surface area (Å²) >= 11 is 0. The second kappa shape index (κ2) is 8.78. The molecule has 2 aromatic carbocycles. The van der Waals surface area contributed by atoms with Gasteiger partial charge in [-0.25, -0.2) is 8.42 Å². The number of sulfone groups is 1. The average Bonchev–Trinajstić information content (AvgIpc) is 3.40. The minimum Gasteiger partial charge on any atom is -0.457 e. The Morgan fingerprint density at radius 1 is 0.933 bits per heavy atom. The van der Waals surface area contributed by atoms with E-state index < -0.39 is 9.84 Å². The van der Waals surface area contributed by atoms with E-state index in [0.29, 0.717) is 23.1 Å². The molecule has 2 aliphatic rings. The molecular formula is C23H28N2O4S. The van der Waals surface area contributed by atoms with Gasteiger partial charge in [0.25, 0.3) is 5.91 Å². The molecule has 2 fully saturated rings. The van der Waals surface area contributed by atoms with E-state index in [2.05, 4.69) is 4.90 Å². The molecule has 30 heavy (non-hydrogen) atoms. The minimum absolute atomic E-state index is 0.0840. The zero-order valence-electron chi connectivity index (χ0n) is 17.3. The van der Waals surface area contributed by atoms with Crippen LogP contribution in [0.2, 0.25) is 0 Å². The highest BCUT2D eigenvalue weighted by atomic mass is 32.2. The lowest BCUT2D eigenvalue weighted by Gasteiger charge is -2.28. The van der Waals surface area contributed by atoms with Crippen molar-refractivity contribution in [2.24, 2.45) is 0 Å². The molecule has 0 radical (unpaired) electrons. The largest absolute Gasteiger partial charge is 0.457 e. The first kappa shape index (κ1) is 20.9. The lowest BCUT2D eigenvalue weighted by atomic mass is 10.1. The van der Waals surface area contributed by atoms with Crippen molar-refractivity contribution in [2.45, 2.75) is 36.6 Å². The SMILES string of the molecule is CS(=O)(=O)c1ccc(Oc2ccc(C(=O)N3CCC[C@H]3CN3CCCC3)cc2)cc1. The summed E-state index contributed by atoms with van der Waals surface area (Å²) in [6.45, 7) is 4.10. The normalized spacial score (nSPS) is 19.9. The van der Waals surface area contributed by atoms with Crippen molar-refractivity contribution in [3.8, 4) is 11.5 Å². The summed E-state index contributed by atoms with van der Waals surface area (Å²) in [6, 6.07) is 13.8. The van der Waals surface area contributed by atoms with Crippen molar-refractivity contribution in [1.29, 1.82) is 0 Å². The Morgan fingerprint density at radius 2 is 1.53 bits per heavy atom. The molecule has 0 aromatic heterocycles. The maximum Gasteiger partial charge on any atom is 0.254 e. The van der Waals surface area contributed by atoms with Gasteiger partial charge in [0.15, 0.2) is 9.84 Å². The quantitative estimate of drug-likeness (QED) is 0.704. The van der Waals surface area contributed by atoms with E-state index in [1.165, 1.54) is 31.2 Å². The Balaban J connectivity index is 1.39. The zero-order chi connectivity index (χ0) is 21.1. The molecule has 0 saturated carbocycles. The number of hydrogen-bond donors (Lipinski definition) is 0. The number of ether oxygens (including phenoxy) is 1. The summed E-state index contributed by atoms with van der Waals surface area (Å²) in [5.41, 5.74) is 0.670. The highest BCUT2D eigenvalue weighted by Crippen LogP contribution is 2.26. The molecule has 2 aromatic rings. The van der Waals surface area contributed by atoms with Crippen LogP contribution in [0.3, 0.4) is 0 Å². The highest BCUT2D eigenvalue weighted by Gasteiger charge is 2.31. The van der Waals surface area contributed by atoms with Crippen molar-refractivity contribution >= 4 is 15.7 Å². The van der Waals surface area contributed by atoms with Crippen LogP contribution in [0.4, 0.5) is 0 Å². The minimum atomic E-state index is -3.23. The molecule has 4 rings (SSSR count). The van der Waals surface area contributed by atoms with Crippen LogP contribution < -0.4 is 4.74 Å². The topological polar surface area (TPSA) is 66.9 Å². The van der Waals surface area contributed by atoms with Gasteiger partial charge >= 0.3 is 0 Å². The van der Waals surface area contributed by atoms with Crippen LogP contribution in [0.1, 0.15) is 36.0 Å². The predicted molar refractivity (Wildman–Crippen MR) is 116 cm³/mol. The van der Waals surface area contributed by atoms with Crippen LogP contribution >= 0.6 is 0 Å². The molecule has 2 aliphatic heterocycles. The number of rotatable bonds is 6. The fourth-order valence-corrected chi connectivity index (χ4v) is 4.91. The molecule has 0 spiro atoms. The van der Waals surface area contributed by atoms with Crippen molar-refractivity contribution in [3.63, 3.8) is 0 Å². The molecule has 2 saturated heterocycles. The monoisotopic (exact) mass is 428 g/mol. The summed E-state index contributed by atoms with van der Waals surface area (Å²) in [5.74, 6) is 1.24. The lowest BCUT2D eigenvalue weighted by Crippen LogP contribution is -2.42. The zero-order valence-corrected chi connectivity index (χ0v) is 18.1. The first-order valence-electron chi connectivity index (χ1n) is 10.5. The Kier molecular flexibility index (Phi) is 6.11. The van der Waals surface area contributed by atoms with Crippen LogP contribution in [-0.2, 0) is 9.84 Å². The number of amides is 1. The molecule has 7 heteroatoms. The number of nitrogens with zero attached hydrogens (tertiary/aromatic N) is 2. The van der Waals surface area contributed by atoms with Crippen molar-refractivity contribution in [2.75, 3.05) is 32.4 Å². The second-order valence-corrected chi connectivity index (χ2v) is 10.2. The smallest absolute Gasteiger partial charge is 0.254 e. The lowest BCUT2D eigenvalue weighted by molar-refractivity contribution is 0.0708. The number of carbonyl (C=O) groups is 1. The molecular weight excluding hydrogens is 400 g/mol. The van der Waals surface area contributed by atoms with Gasteiger partial charge in [-0.15, -0.1) is 0 Å².